The first-order valence-electron chi connectivity index (χ1n) is 10.8. The Hall–Kier alpha value is -1.34. The van der Waals surface area contributed by atoms with Crippen LogP contribution >= 0.6 is 0 Å². The molecule has 28 heavy (non-hydrogen) atoms. The molecular weight excluding hydrogens is 354 g/mol. The van der Waals surface area contributed by atoms with E-state index in [0.29, 0.717) is 12.1 Å². The Kier molecular flexibility index (Phi) is 6.11. The molecule has 6 heteroatoms. The second kappa shape index (κ2) is 8.57. The maximum atomic E-state index is 11.3. The van der Waals surface area contributed by atoms with Crippen LogP contribution in [0.2, 0.25) is 0 Å². The van der Waals surface area contributed by atoms with Gasteiger partial charge in [-0.15, -0.1) is 0 Å². The number of hydrogen-bond donors (Lipinski definition) is 2. The molecule has 2 atom stereocenters. The van der Waals surface area contributed by atoms with Gasteiger partial charge in [0.25, 0.3) is 0 Å². The Morgan fingerprint density at radius 3 is 2.75 bits per heavy atom. The Morgan fingerprint density at radius 1 is 1.18 bits per heavy atom. The number of anilines is 1. The number of methoxy groups -OCH3 is 1. The van der Waals surface area contributed by atoms with Gasteiger partial charge in [0.2, 0.25) is 0 Å². The van der Waals surface area contributed by atoms with E-state index in [2.05, 4.69) is 26.8 Å². The molecule has 3 fully saturated rings. The molecule has 0 unspecified atom stereocenters. The van der Waals surface area contributed by atoms with Crippen LogP contribution in [0.4, 0.5) is 5.69 Å². The molecule has 0 aromatic heterocycles. The SMILES string of the molecule is COc1cccc(N2CCC(O)(CN3C[C@H]4CCCN4C[C@@H]3CCO)CC2)c1. The second-order valence-corrected chi connectivity index (χ2v) is 8.80. The molecule has 3 heterocycles. The lowest BCUT2D eigenvalue weighted by atomic mass is 9.89. The summed E-state index contributed by atoms with van der Waals surface area (Å²) in [6.45, 7) is 5.94. The number of aliphatic hydroxyl groups is 2. The monoisotopic (exact) mass is 389 g/mol. The zero-order chi connectivity index (χ0) is 19.6. The van der Waals surface area contributed by atoms with Gasteiger partial charge in [0.1, 0.15) is 5.75 Å². The summed E-state index contributed by atoms with van der Waals surface area (Å²) in [5.41, 5.74) is 0.531. The summed E-state index contributed by atoms with van der Waals surface area (Å²) >= 11 is 0. The summed E-state index contributed by atoms with van der Waals surface area (Å²) in [6.07, 6.45) is 4.91. The number of piperazine rings is 1. The largest absolute Gasteiger partial charge is 0.497 e. The minimum Gasteiger partial charge on any atom is -0.497 e. The van der Waals surface area contributed by atoms with Gasteiger partial charge in [-0.05, 0) is 50.8 Å². The Balaban J connectivity index is 1.37. The number of piperidine rings is 1. The van der Waals surface area contributed by atoms with E-state index in [4.69, 9.17) is 4.74 Å². The van der Waals surface area contributed by atoms with Crippen LogP contribution in [0.25, 0.3) is 0 Å². The summed E-state index contributed by atoms with van der Waals surface area (Å²) in [5, 5.41) is 20.9. The van der Waals surface area contributed by atoms with Gasteiger partial charge in [-0.3, -0.25) is 9.80 Å². The Labute approximate surface area is 168 Å². The molecule has 6 nitrogen and oxygen atoms in total. The summed E-state index contributed by atoms with van der Waals surface area (Å²) in [6, 6.07) is 9.17. The zero-order valence-electron chi connectivity index (χ0n) is 17.1. The van der Waals surface area contributed by atoms with Crippen LogP contribution in [0.15, 0.2) is 24.3 Å². The molecule has 0 saturated carbocycles. The fraction of sp³-hybridized carbons (Fsp3) is 0.727. The molecular formula is C22H35N3O3. The van der Waals surface area contributed by atoms with E-state index in [1.54, 1.807) is 7.11 Å². The van der Waals surface area contributed by atoms with Crippen molar-refractivity contribution < 1.29 is 14.9 Å². The number of β-amino-alcohol motifs (C(OH)–C–C–N with tert-alkyl or cyclic N) is 1. The highest BCUT2D eigenvalue weighted by molar-refractivity contribution is 5.51. The predicted molar refractivity (Wildman–Crippen MR) is 111 cm³/mol. The first-order valence-corrected chi connectivity index (χ1v) is 10.8. The topological polar surface area (TPSA) is 59.4 Å². The number of aliphatic hydroxyl groups excluding tert-OH is 1. The van der Waals surface area contributed by atoms with Crippen LogP contribution in [0.5, 0.6) is 5.75 Å². The molecule has 3 aliphatic heterocycles. The fourth-order valence-electron chi connectivity index (χ4n) is 5.29. The van der Waals surface area contributed by atoms with Gasteiger partial charge in [-0.1, -0.05) is 6.07 Å². The van der Waals surface area contributed by atoms with Crippen molar-refractivity contribution in [2.24, 2.45) is 0 Å². The van der Waals surface area contributed by atoms with Crippen LogP contribution in [0, 0.1) is 0 Å². The number of fused-ring (bicyclic) bond motifs is 1. The minimum atomic E-state index is -0.635. The molecule has 1 aromatic carbocycles. The molecule has 0 radical (unpaired) electrons. The van der Waals surface area contributed by atoms with Crippen molar-refractivity contribution in [1.29, 1.82) is 0 Å². The van der Waals surface area contributed by atoms with Gasteiger partial charge in [0, 0.05) is 63.2 Å². The third-order valence-electron chi connectivity index (χ3n) is 6.98. The maximum Gasteiger partial charge on any atom is 0.120 e. The highest BCUT2D eigenvalue weighted by Crippen LogP contribution is 2.32. The molecule has 0 amide bonds. The van der Waals surface area contributed by atoms with Crippen LogP contribution in [-0.2, 0) is 0 Å². The number of nitrogens with zero attached hydrogens (tertiary/aromatic N) is 3. The van der Waals surface area contributed by atoms with Crippen molar-refractivity contribution in [3.8, 4) is 5.75 Å². The van der Waals surface area contributed by atoms with Crippen molar-refractivity contribution in [1.82, 2.24) is 9.80 Å². The lowest BCUT2D eigenvalue weighted by molar-refractivity contribution is -0.0537. The standard InChI is InChI=1S/C22H35N3O3/c1-28-21-6-2-4-18(14-21)23-11-8-22(27,9-12-23)17-25-16-19-5-3-10-24(19)15-20(25)7-13-26/h2,4,6,14,19-20,26-27H,3,5,7-13,15-17H2,1H3/t19-,20+/m1/s1. The van der Waals surface area contributed by atoms with E-state index in [1.165, 1.54) is 25.1 Å². The van der Waals surface area contributed by atoms with Gasteiger partial charge in [-0.25, -0.2) is 0 Å². The van der Waals surface area contributed by atoms with E-state index >= 15 is 0 Å². The quantitative estimate of drug-likeness (QED) is 0.770. The summed E-state index contributed by atoms with van der Waals surface area (Å²) in [4.78, 5) is 7.41. The molecule has 0 spiro atoms. The highest BCUT2D eigenvalue weighted by Gasteiger charge is 2.41. The van der Waals surface area contributed by atoms with Gasteiger partial charge in [0.15, 0.2) is 0 Å². The Morgan fingerprint density at radius 2 is 2.00 bits per heavy atom. The van der Waals surface area contributed by atoms with Crippen LogP contribution in [0.3, 0.4) is 0 Å². The van der Waals surface area contributed by atoms with Crippen LogP contribution < -0.4 is 9.64 Å². The fourth-order valence-corrected chi connectivity index (χ4v) is 5.29. The smallest absolute Gasteiger partial charge is 0.120 e. The average Bonchev–Trinajstić information content (AvgIpc) is 3.16. The molecule has 1 aromatic rings. The number of benzene rings is 1. The van der Waals surface area contributed by atoms with Crippen molar-refractivity contribution in [2.75, 3.05) is 57.9 Å². The van der Waals surface area contributed by atoms with E-state index in [-0.39, 0.29) is 6.61 Å². The first kappa shape index (κ1) is 20.0. The van der Waals surface area contributed by atoms with Gasteiger partial charge in [0.05, 0.1) is 12.7 Å². The molecule has 3 saturated heterocycles. The molecule has 156 valence electrons. The minimum absolute atomic E-state index is 0.224. The summed E-state index contributed by atoms with van der Waals surface area (Å²) in [7, 11) is 1.70. The molecule has 3 aliphatic rings. The Bertz CT molecular complexity index is 648. The molecule has 4 rings (SSSR count). The lowest BCUT2D eigenvalue weighted by Gasteiger charge is -2.48. The maximum absolute atomic E-state index is 11.3. The normalized spacial score (nSPS) is 28.3. The molecule has 2 N–H and O–H groups in total. The molecule has 0 bridgehead atoms. The number of rotatable bonds is 6. The van der Waals surface area contributed by atoms with E-state index in [9.17, 15) is 10.2 Å². The zero-order valence-corrected chi connectivity index (χ0v) is 17.1. The third kappa shape index (κ3) is 4.30. The average molecular weight is 390 g/mol. The van der Waals surface area contributed by atoms with Gasteiger partial charge < -0.3 is 19.8 Å². The van der Waals surface area contributed by atoms with Crippen molar-refractivity contribution >= 4 is 5.69 Å². The third-order valence-corrected chi connectivity index (χ3v) is 6.98. The number of ether oxygens (including phenoxy) is 1. The van der Waals surface area contributed by atoms with Crippen LogP contribution in [-0.4, -0.2) is 90.7 Å². The van der Waals surface area contributed by atoms with Crippen molar-refractivity contribution in [3.63, 3.8) is 0 Å². The van der Waals surface area contributed by atoms with Gasteiger partial charge >= 0.3 is 0 Å². The lowest BCUT2D eigenvalue weighted by Crippen LogP contribution is -2.61. The summed E-state index contributed by atoms with van der Waals surface area (Å²) in [5.74, 6) is 0.875. The second-order valence-electron chi connectivity index (χ2n) is 8.80. The first-order chi connectivity index (χ1) is 13.6. The van der Waals surface area contributed by atoms with E-state index in [0.717, 1.165) is 57.7 Å². The predicted octanol–water partition coefficient (Wildman–Crippen LogP) is 1.56. The summed E-state index contributed by atoms with van der Waals surface area (Å²) < 4.78 is 5.35. The van der Waals surface area contributed by atoms with E-state index in [1.807, 2.05) is 12.1 Å². The van der Waals surface area contributed by atoms with Crippen LogP contribution in [0.1, 0.15) is 32.1 Å². The van der Waals surface area contributed by atoms with Crippen molar-refractivity contribution in [3.05, 3.63) is 24.3 Å². The highest BCUT2D eigenvalue weighted by atomic mass is 16.5. The number of hydrogen-bond acceptors (Lipinski definition) is 6. The molecule has 0 aliphatic carbocycles. The van der Waals surface area contributed by atoms with Crippen molar-refractivity contribution in [2.45, 2.75) is 49.8 Å². The van der Waals surface area contributed by atoms with E-state index < -0.39 is 5.60 Å². The van der Waals surface area contributed by atoms with Gasteiger partial charge in [-0.2, -0.15) is 0 Å².